The zero-order chi connectivity index (χ0) is 20.8. The molecule has 3 N–H and O–H groups in total. The fraction of sp³-hybridized carbons (Fsp3) is 0.435. The van der Waals surface area contributed by atoms with Gasteiger partial charge in [0.2, 0.25) is 0 Å². The van der Waals surface area contributed by atoms with E-state index in [1.54, 1.807) is 12.1 Å². The molecule has 3 rings (SSSR count). The van der Waals surface area contributed by atoms with Crippen molar-refractivity contribution in [1.82, 2.24) is 5.32 Å². The van der Waals surface area contributed by atoms with Gasteiger partial charge in [-0.15, -0.1) is 0 Å². The molecule has 29 heavy (non-hydrogen) atoms. The van der Waals surface area contributed by atoms with Crippen molar-refractivity contribution in [2.75, 3.05) is 23.3 Å². The van der Waals surface area contributed by atoms with E-state index in [0.29, 0.717) is 0 Å². The molecule has 0 bridgehead atoms. The molecule has 1 saturated heterocycles. The number of phenols is 1. The summed E-state index contributed by atoms with van der Waals surface area (Å²) in [5.74, 6) is 0.266. The minimum Gasteiger partial charge on any atom is -0.508 e. The maximum absolute atomic E-state index is 12.5. The highest BCUT2D eigenvalue weighted by atomic mass is 16.5. The third kappa shape index (κ3) is 6.12. The highest BCUT2D eigenvalue weighted by Gasteiger charge is 2.24. The van der Waals surface area contributed by atoms with Crippen molar-refractivity contribution in [3.63, 3.8) is 0 Å². The summed E-state index contributed by atoms with van der Waals surface area (Å²) in [5.41, 5.74) is 2.95. The van der Waals surface area contributed by atoms with Crippen LogP contribution < -0.4 is 15.5 Å². The van der Waals surface area contributed by atoms with E-state index < -0.39 is 0 Å². The largest absolute Gasteiger partial charge is 0.508 e. The average Bonchev–Trinajstić information content (AvgIpc) is 2.67. The predicted molar refractivity (Wildman–Crippen MR) is 117 cm³/mol. The maximum Gasteiger partial charge on any atom is 0.319 e. The Bertz CT molecular complexity index is 799. The lowest BCUT2D eigenvalue weighted by atomic mass is 10.1. The smallest absolute Gasteiger partial charge is 0.319 e. The second-order valence-corrected chi connectivity index (χ2v) is 7.88. The lowest BCUT2D eigenvalue weighted by Gasteiger charge is -2.37. The van der Waals surface area contributed by atoms with Gasteiger partial charge in [-0.25, -0.2) is 4.79 Å². The van der Waals surface area contributed by atoms with Gasteiger partial charge in [0.05, 0.1) is 23.6 Å². The summed E-state index contributed by atoms with van der Waals surface area (Å²) in [6, 6.07) is 14.9. The van der Waals surface area contributed by atoms with Gasteiger partial charge >= 0.3 is 6.03 Å². The second-order valence-electron chi connectivity index (χ2n) is 7.88. The van der Waals surface area contributed by atoms with Gasteiger partial charge in [-0.1, -0.05) is 24.3 Å². The normalized spacial score (nSPS) is 20.2. The second kappa shape index (κ2) is 9.65. The van der Waals surface area contributed by atoms with Crippen molar-refractivity contribution in [3.05, 3.63) is 54.1 Å². The van der Waals surface area contributed by atoms with Gasteiger partial charge in [-0.05, 0) is 63.4 Å². The summed E-state index contributed by atoms with van der Waals surface area (Å²) < 4.78 is 5.83. The number of morpholine rings is 1. The molecule has 6 nitrogen and oxygen atoms in total. The Morgan fingerprint density at radius 2 is 1.79 bits per heavy atom. The predicted octanol–water partition coefficient (Wildman–Crippen LogP) is 4.15. The number of carbonyl (C=O) groups is 1. The topological polar surface area (TPSA) is 73.8 Å². The molecular weight excluding hydrogens is 366 g/mol. The van der Waals surface area contributed by atoms with E-state index in [9.17, 15) is 9.90 Å². The molecule has 0 aliphatic carbocycles. The summed E-state index contributed by atoms with van der Waals surface area (Å²) in [4.78, 5) is 14.8. The first kappa shape index (κ1) is 21.0. The van der Waals surface area contributed by atoms with E-state index in [1.807, 2.05) is 43.3 Å². The molecule has 0 radical (unpaired) electrons. The number of aryl methyl sites for hydroxylation is 1. The number of ether oxygens (including phenoxy) is 1. The summed E-state index contributed by atoms with van der Waals surface area (Å²) in [7, 11) is 0. The van der Waals surface area contributed by atoms with Crippen molar-refractivity contribution in [2.45, 2.75) is 51.9 Å². The van der Waals surface area contributed by atoms with E-state index >= 15 is 0 Å². The van der Waals surface area contributed by atoms with Gasteiger partial charge in [0, 0.05) is 19.1 Å². The summed E-state index contributed by atoms with van der Waals surface area (Å²) in [6.07, 6.45) is 1.96. The highest BCUT2D eigenvalue weighted by molar-refractivity contribution is 5.93. The van der Waals surface area contributed by atoms with Gasteiger partial charge in [0.15, 0.2) is 0 Å². The van der Waals surface area contributed by atoms with Crippen LogP contribution in [0.5, 0.6) is 5.75 Å². The van der Waals surface area contributed by atoms with Gasteiger partial charge in [0.1, 0.15) is 5.75 Å². The summed E-state index contributed by atoms with van der Waals surface area (Å²) in [5, 5.41) is 15.4. The highest BCUT2D eigenvalue weighted by Crippen LogP contribution is 2.28. The Kier molecular flexibility index (Phi) is 6.99. The molecule has 1 fully saturated rings. The average molecular weight is 398 g/mol. The molecule has 0 saturated carbocycles. The van der Waals surface area contributed by atoms with Crippen molar-refractivity contribution >= 4 is 17.4 Å². The van der Waals surface area contributed by atoms with Crippen molar-refractivity contribution < 1.29 is 14.6 Å². The Labute approximate surface area is 172 Å². The van der Waals surface area contributed by atoms with Crippen molar-refractivity contribution in [2.24, 2.45) is 0 Å². The molecule has 3 atom stereocenters. The zero-order valence-electron chi connectivity index (χ0n) is 17.4. The van der Waals surface area contributed by atoms with Crippen LogP contribution >= 0.6 is 0 Å². The lowest BCUT2D eigenvalue weighted by Crippen LogP contribution is -2.46. The standard InChI is InChI=1S/C23H31N3O3/c1-16(8-9-19-10-12-20(27)13-11-19)24-23(28)25-21-6-4-5-7-22(21)26-14-17(2)29-18(3)15-26/h4-7,10-13,16-18,27H,8-9,14-15H2,1-3H3,(H2,24,25,28). The van der Waals surface area contributed by atoms with Crippen molar-refractivity contribution in [1.29, 1.82) is 0 Å². The third-order valence-corrected chi connectivity index (χ3v) is 5.09. The number of anilines is 2. The number of nitrogens with one attached hydrogen (secondary N) is 2. The number of hydrogen-bond donors (Lipinski definition) is 3. The van der Waals surface area contributed by atoms with Crippen LogP contribution in [0.15, 0.2) is 48.5 Å². The molecule has 0 aromatic heterocycles. The van der Waals surface area contributed by atoms with Crippen molar-refractivity contribution in [3.8, 4) is 5.75 Å². The number of phenolic OH excluding ortho intramolecular Hbond substituents is 1. The monoisotopic (exact) mass is 397 g/mol. The number of nitrogens with zero attached hydrogens (tertiary/aromatic N) is 1. The van der Waals surface area contributed by atoms with Crippen LogP contribution in [0.4, 0.5) is 16.2 Å². The van der Waals surface area contributed by atoms with E-state index in [1.165, 1.54) is 0 Å². The minimum atomic E-state index is -0.204. The fourth-order valence-electron chi connectivity index (χ4n) is 3.73. The van der Waals surface area contributed by atoms with E-state index in [4.69, 9.17) is 4.74 Å². The summed E-state index contributed by atoms with van der Waals surface area (Å²) >= 11 is 0. The SMILES string of the molecule is CC(CCc1ccc(O)cc1)NC(=O)Nc1ccccc1N1CC(C)OC(C)C1. The molecule has 1 heterocycles. The van der Waals surface area contributed by atoms with Gasteiger partial charge in [-0.2, -0.15) is 0 Å². The zero-order valence-corrected chi connectivity index (χ0v) is 17.4. The molecule has 6 heteroatoms. The lowest BCUT2D eigenvalue weighted by molar-refractivity contribution is -0.00517. The molecule has 3 unspecified atom stereocenters. The molecule has 156 valence electrons. The fourth-order valence-corrected chi connectivity index (χ4v) is 3.73. The van der Waals surface area contributed by atoms with Crippen LogP contribution in [0.3, 0.4) is 0 Å². The Morgan fingerprint density at radius 3 is 2.48 bits per heavy atom. The number of rotatable bonds is 6. The van der Waals surface area contributed by atoms with E-state index in [2.05, 4.69) is 29.4 Å². The van der Waals surface area contributed by atoms with Crippen LogP contribution in [-0.4, -0.2) is 42.5 Å². The quantitative estimate of drug-likeness (QED) is 0.685. The molecule has 0 spiro atoms. The number of carbonyl (C=O) groups excluding carboxylic acids is 1. The van der Waals surface area contributed by atoms with Gasteiger partial charge in [-0.3, -0.25) is 0 Å². The Morgan fingerprint density at radius 1 is 1.14 bits per heavy atom. The molecule has 2 aromatic rings. The number of para-hydroxylation sites is 2. The first-order valence-corrected chi connectivity index (χ1v) is 10.3. The third-order valence-electron chi connectivity index (χ3n) is 5.09. The van der Waals surface area contributed by atoms with Crippen LogP contribution in [0.1, 0.15) is 32.8 Å². The summed E-state index contributed by atoms with van der Waals surface area (Å²) in [6.45, 7) is 7.74. The van der Waals surface area contributed by atoms with Crippen LogP contribution in [0.25, 0.3) is 0 Å². The first-order valence-electron chi connectivity index (χ1n) is 10.3. The molecule has 1 aliphatic rings. The number of hydrogen-bond acceptors (Lipinski definition) is 4. The Balaban J connectivity index is 1.55. The van der Waals surface area contributed by atoms with E-state index in [0.717, 1.165) is 42.9 Å². The molecule has 1 aliphatic heterocycles. The Hall–Kier alpha value is -2.73. The molecular formula is C23H31N3O3. The van der Waals surface area contributed by atoms with Crippen LogP contribution in [-0.2, 0) is 11.2 Å². The number of aromatic hydroxyl groups is 1. The van der Waals surface area contributed by atoms with Gasteiger partial charge in [0.25, 0.3) is 0 Å². The van der Waals surface area contributed by atoms with Gasteiger partial charge < -0.3 is 25.4 Å². The van der Waals surface area contributed by atoms with Crippen LogP contribution in [0.2, 0.25) is 0 Å². The number of urea groups is 1. The minimum absolute atomic E-state index is 0.0272. The first-order chi connectivity index (χ1) is 13.9. The number of benzene rings is 2. The molecule has 2 aromatic carbocycles. The maximum atomic E-state index is 12.5. The molecule has 2 amide bonds. The van der Waals surface area contributed by atoms with E-state index in [-0.39, 0.29) is 30.0 Å². The van der Waals surface area contributed by atoms with Crippen LogP contribution in [0, 0.1) is 0 Å². The number of amides is 2.